The average Bonchev–Trinajstić information content (AvgIpc) is 2.54. The molecule has 0 radical (unpaired) electrons. The van der Waals surface area contributed by atoms with Crippen LogP contribution in [0.2, 0.25) is 0 Å². The van der Waals surface area contributed by atoms with E-state index in [0.29, 0.717) is 27.2 Å². The lowest BCUT2D eigenvalue weighted by Crippen LogP contribution is -2.23. The van der Waals surface area contributed by atoms with Crippen molar-refractivity contribution in [2.45, 2.75) is 24.9 Å². The predicted molar refractivity (Wildman–Crippen MR) is 101 cm³/mol. The van der Waals surface area contributed by atoms with E-state index in [1.54, 1.807) is 26.2 Å². The van der Waals surface area contributed by atoms with Gasteiger partial charge in [-0.1, -0.05) is 28.1 Å². The molecule has 0 aliphatic carbocycles. The number of rotatable bonds is 6. The molecule has 2 rings (SSSR count). The quantitative estimate of drug-likeness (QED) is 0.712. The van der Waals surface area contributed by atoms with Crippen molar-refractivity contribution in [2.75, 3.05) is 12.4 Å². The van der Waals surface area contributed by atoms with Crippen LogP contribution in [0.4, 0.5) is 10.1 Å². The van der Waals surface area contributed by atoms with Crippen LogP contribution in [0.25, 0.3) is 0 Å². The number of carbonyl (C=O) groups excluding carboxylic acids is 1. The molecule has 0 aromatic heterocycles. The molecule has 1 atom stereocenters. The van der Waals surface area contributed by atoms with Crippen LogP contribution < -0.4 is 10.1 Å². The molecule has 1 N–H and O–H groups in total. The first kappa shape index (κ1) is 18.8. The molecule has 24 heavy (non-hydrogen) atoms. The zero-order chi connectivity index (χ0) is 17.7. The van der Waals surface area contributed by atoms with Crippen LogP contribution in [-0.4, -0.2) is 18.3 Å². The summed E-state index contributed by atoms with van der Waals surface area (Å²) in [6, 6.07) is 10.5. The maximum absolute atomic E-state index is 13.8. The van der Waals surface area contributed by atoms with Gasteiger partial charge in [0.2, 0.25) is 5.91 Å². The highest BCUT2D eigenvalue weighted by molar-refractivity contribution is 9.10. The van der Waals surface area contributed by atoms with Crippen LogP contribution in [0.5, 0.6) is 5.75 Å². The second kappa shape index (κ2) is 8.53. The van der Waals surface area contributed by atoms with Crippen molar-refractivity contribution in [1.82, 2.24) is 0 Å². The topological polar surface area (TPSA) is 38.3 Å². The SMILES string of the molecule is COc1ccc(C)cc1NC(=O)C(C)SCc1ccc(Br)cc1F. The second-order valence-electron chi connectivity index (χ2n) is 5.38. The van der Waals surface area contributed by atoms with Crippen molar-refractivity contribution in [2.24, 2.45) is 0 Å². The van der Waals surface area contributed by atoms with Gasteiger partial charge < -0.3 is 10.1 Å². The summed E-state index contributed by atoms with van der Waals surface area (Å²) in [5.41, 5.74) is 2.25. The summed E-state index contributed by atoms with van der Waals surface area (Å²) in [6.45, 7) is 3.75. The Morgan fingerprint density at radius 3 is 2.75 bits per heavy atom. The summed E-state index contributed by atoms with van der Waals surface area (Å²) in [7, 11) is 1.56. The number of halogens is 2. The minimum Gasteiger partial charge on any atom is -0.495 e. The molecule has 0 aliphatic heterocycles. The van der Waals surface area contributed by atoms with Gasteiger partial charge in [0, 0.05) is 10.2 Å². The van der Waals surface area contributed by atoms with E-state index in [-0.39, 0.29) is 17.0 Å². The summed E-state index contributed by atoms with van der Waals surface area (Å²) in [6.07, 6.45) is 0. The zero-order valence-electron chi connectivity index (χ0n) is 13.7. The van der Waals surface area contributed by atoms with Gasteiger partial charge >= 0.3 is 0 Å². The molecular formula is C18H19BrFNO2S. The third-order valence-electron chi connectivity index (χ3n) is 3.49. The monoisotopic (exact) mass is 411 g/mol. The smallest absolute Gasteiger partial charge is 0.237 e. The average molecular weight is 412 g/mol. The van der Waals surface area contributed by atoms with Gasteiger partial charge in [-0.3, -0.25) is 4.79 Å². The molecule has 6 heteroatoms. The Morgan fingerprint density at radius 1 is 1.33 bits per heavy atom. The molecule has 3 nitrogen and oxygen atoms in total. The summed E-state index contributed by atoms with van der Waals surface area (Å²) in [5.74, 6) is 0.634. The Balaban J connectivity index is 1.98. The van der Waals surface area contributed by atoms with Crippen molar-refractivity contribution in [1.29, 1.82) is 0 Å². The second-order valence-corrected chi connectivity index (χ2v) is 7.63. The first-order valence-corrected chi connectivity index (χ1v) is 9.26. The molecule has 0 saturated heterocycles. The van der Waals surface area contributed by atoms with Crippen LogP contribution in [-0.2, 0) is 10.5 Å². The molecule has 2 aromatic rings. The van der Waals surface area contributed by atoms with E-state index in [9.17, 15) is 9.18 Å². The van der Waals surface area contributed by atoms with E-state index in [4.69, 9.17) is 4.74 Å². The predicted octanol–water partition coefficient (Wildman–Crippen LogP) is 5.17. The largest absolute Gasteiger partial charge is 0.495 e. The fraction of sp³-hybridized carbons (Fsp3) is 0.278. The van der Waals surface area contributed by atoms with Crippen LogP contribution in [0.15, 0.2) is 40.9 Å². The molecule has 0 saturated carbocycles. The van der Waals surface area contributed by atoms with Crippen LogP contribution in [0.3, 0.4) is 0 Å². The van der Waals surface area contributed by atoms with Gasteiger partial charge in [-0.25, -0.2) is 4.39 Å². The minimum atomic E-state index is -0.321. The summed E-state index contributed by atoms with van der Waals surface area (Å²) in [4.78, 5) is 12.4. The molecule has 1 unspecified atom stereocenters. The first-order valence-electron chi connectivity index (χ1n) is 7.41. The molecule has 2 aromatic carbocycles. The van der Waals surface area contributed by atoms with Gasteiger partial charge in [-0.2, -0.15) is 0 Å². The number of nitrogens with one attached hydrogen (secondary N) is 1. The van der Waals surface area contributed by atoms with Gasteiger partial charge in [0.25, 0.3) is 0 Å². The number of hydrogen-bond donors (Lipinski definition) is 1. The van der Waals surface area contributed by atoms with E-state index >= 15 is 0 Å². The Bertz CT molecular complexity index is 739. The van der Waals surface area contributed by atoms with Gasteiger partial charge in [-0.15, -0.1) is 11.8 Å². The van der Waals surface area contributed by atoms with Gasteiger partial charge in [0.05, 0.1) is 18.0 Å². The van der Waals surface area contributed by atoms with Crippen molar-refractivity contribution in [3.8, 4) is 5.75 Å². The number of hydrogen-bond acceptors (Lipinski definition) is 3. The van der Waals surface area contributed by atoms with E-state index in [1.807, 2.05) is 25.1 Å². The third-order valence-corrected chi connectivity index (χ3v) is 5.17. The van der Waals surface area contributed by atoms with Crippen LogP contribution in [0, 0.1) is 12.7 Å². The highest BCUT2D eigenvalue weighted by atomic mass is 79.9. The number of anilines is 1. The van der Waals surface area contributed by atoms with Crippen molar-refractivity contribution < 1.29 is 13.9 Å². The molecule has 0 bridgehead atoms. The fourth-order valence-corrected chi connectivity index (χ4v) is 3.29. The Labute approximate surface area is 154 Å². The van der Waals surface area contributed by atoms with E-state index < -0.39 is 0 Å². The number of methoxy groups -OCH3 is 1. The number of carbonyl (C=O) groups is 1. The third kappa shape index (κ3) is 4.98. The molecule has 1 amide bonds. The van der Waals surface area contributed by atoms with Crippen molar-refractivity contribution in [3.63, 3.8) is 0 Å². The van der Waals surface area contributed by atoms with E-state index in [1.165, 1.54) is 17.8 Å². The number of amides is 1. The molecule has 0 fully saturated rings. The summed E-state index contributed by atoms with van der Waals surface area (Å²) in [5, 5.41) is 2.55. The molecule has 0 aliphatic rings. The number of thioether (sulfide) groups is 1. The lowest BCUT2D eigenvalue weighted by atomic mass is 10.2. The Kier molecular flexibility index (Phi) is 6.69. The van der Waals surface area contributed by atoms with Crippen LogP contribution >= 0.6 is 27.7 Å². The van der Waals surface area contributed by atoms with Gasteiger partial charge in [0.15, 0.2) is 0 Å². The standard InChI is InChI=1S/C18H19BrFNO2S/c1-11-4-7-17(23-3)16(8-11)21-18(22)12(2)24-10-13-5-6-14(19)9-15(13)20/h4-9,12H,10H2,1-3H3,(H,21,22). The van der Waals surface area contributed by atoms with E-state index in [2.05, 4.69) is 21.2 Å². The Hall–Kier alpha value is -1.53. The van der Waals surface area contributed by atoms with Crippen molar-refractivity contribution >= 4 is 39.3 Å². The molecular weight excluding hydrogens is 393 g/mol. The number of benzene rings is 2. The first-order chi connectivity index (χ1) is 11.4. The molecule has 0 heterocycles. The fourth-order valence-electron chi connectivity index (χ4n) is 2.08. The highest BCUT2D eigenvalue weighted by Gasteiger charge is 2.16. The maximum atomic E-state index is 13.8. The zero-order valence-corrected chi connectivity index (χ0v) is 16.1. The van der Waals surface area contributed by atoms with Gasteiger partial charge in [0.1, 0.15) is 11.6 Å². The van der Waals surface area contributed by atoms with E-state index in [0.717, 1.165) is 5.56 Å². The van der Waals surface area contributed by atoms with Crippen molar-refractivity contribution in [3.05, 3.63) is 57.8 Å². The molecule has 0 spiro atoms. The lowest BCUT2D eigenvalue weighted by molar-refractivity contribution is -0.115. The summed E-state index contributed by atoms with van der Waals surface area (Å²) >= 11 is 4.62. The van der Waals surface area contributed by atoms with Crippen LogP contribution in [0.1, 0.15) is 18.1 Å². The highest BCUT2D eigenvalue weighted by Crippen LogP contribution is 2.27. The summed E-state index contributed by atoms with van der Waals surface area (Å²) < 4.78 is 19.8. The van der Waals surface area contributed by atoms with Gasteiger partial charge in [-0.05, 0) is 49.2 Å². The number of ether oxygens (including phenoxy) is 1. The number of aryl methyl sites for hydroxylation is 1. The maximum Gasteiger partial charge on any atom is 0.237 e. The Morgan fingerprint density at radius 2 is 2.08 bits per heavy atom. The molecule has 128 valence electrons. The minimum absolute atomic E-state index is 0.138. The lowest BCUT2D eigenvalue weighted by Gasteiger charge is -2.15. The normalized spacial score (nSPS) is 11.9.